The van der Waals surface area contributed by atoms with Gasteiger partial charge in [-0.25, -0.2) is 0 Å². The molecule has 1 aromatic heterocycles. The fraction of sp³-hybridized carbons (Fsp3) is 0.161. The minimum atomic E-state index is 0.399. The van der Waals surface area contributed by atoms with Gasteiger partial charge in [0.1, 0.15) is 0 Å². The number of para-hydroxylation sites is 1. The van der Waals surface area contributed by atoms with Crippen molar-refractivity contribution in [3.05, 3.63) is 107 Å². The van der Waals surface area contributed by atoms with E-state index in [1.54, 1.807) is 0 Å². The fourth-order valence-corrected chi connectivity index (χ4v) is 4.19. The van der Waals surface area contributed by atoms with Gasteiger partial charge in [-0.15, -0.1) is 0 Å². The first-order valence-electron chi connectivity index (χ1n) is 11.6. The average molecular weight is 448 g/mol. The Kier molecular flexibility index (Phi) is 6.47. The molecule has 3 heteroatoms. The van der Waals surface area contributed by atoms with Crippen molar-refractivity contribution >= 4 is 45.8 Å². The molecule has 0 unspecified atom stereocenters. The highest BCUT2D eigenvalue weighted by Gasteiger charge is 2.09. The van der Waals surface area contributed by atoms with Crippen LogP contribution in [0.15, 0.2) is 79.9 Å². The first-order valence-corrected chi connectivity index (χ1v) is 11.6. The zero-order valence-electron chi connectivity index (χ0n) is 20.5. The molecule has 3 nitrogen and oxygen atoms in total. The van der Waals surface area contributed by atoms with Gasteiger partial charge in [0.2, 0.25) is 0 Å². The Bertz CT molecular complexity index is 1480. The van der Waals surface area contributed by atoms with Crippen LogP contribution < -0.4 is 21.2 Å². The molecule has 4 aromatic rings. The molecule has 0 saturated heterocycles. The van der Waals surface area contributed by atoms with E-state index in [0.29, 0.717) is 5.92 Å². The number of hydrogen-bond acceptors (Lipinski definition) is 2. The molecule has 0 aliphatic rings. The normalized spacial score (nSPS) is 12.0. The Labute approximate surface area is 202 Å². The fourth-order valence-electron chi connectivity index (χ4n) is 4.19. The van der Waals surface area contributed by atoms with Crippen molar-refractivity contribution in [2.45, 2.75) is 27.7 Å². The van der Waals surface area contributed by atoms with Crippen LogP contribution in [0.1, 0.15) is 37.5 Å². The Morgan fingerprint density at radius 1 is 0.882 bits per heavy atom. The number of H-pyrrole nitrogens is 1. The van der Waals surface area contributed by atoms with E-state index in [0.717, 1.165) is 55.4 Å². The Balaban J connectivity index is 1.61. The Morgan fingerprint density at radius 3 is 2.24 bits per heavy atom. The van der Waals surface area contributed by atoms with Gasteiger partial charge < -0.3 is 15.6 Å². The summed E-state index contributed by atoms with van der Waals surface area (Å²) in [6, 6.07) is 23.0. The molecule has 0 spiro atoms. The highest BCUT2D eigenvalue weighted by molar-refractivity contribution is 5.87. The maximum atomic E-state index is 4.27. The molecule has 34 heavy (non-hydrogen) atoms. The topological polar surface area (TPSA) is 39.8 Å². The summed E-state index contributed by atoms with van der Waals surface area (Å²) in [7, 11) is 0. The van der Waals surface area contributed by atoms with Crippen molar-refractivity contribution in [3.63, 3.8) is 0 Å². The first-order chi connectivity index (χ1) is 16.2. The Hall–Kier alpha value is -3.98. The lowest BCUT2D eigenvalue weighted by Crippen LogP contribution is -2.25. The summed E-state index contributed by atoms with van der Waals surface area (Å²) in [5.41, 5.74) is 9.63. The van der Waals surface area contributed by atoms with Gasteiger partial charge in [-0.2, -0.15) is 0 Å². The standard InChI is InChI=1S/C31H33N3/c1-19(2)21(4)26-14-17-30-28(18-26)31(24(7)34-30)23(6)32-27-15-12-25(13-16-27)22(5)33-29-11-9-8-10-20(29)3/h8-19,32-34H,4-5,7H2,1-3,6H3/b31-23+. The minimum Gasteiger partial charge on any atom is -0.359 e. The number of fused-ring (bicyclic) bond motifs is 1. The van der Waals surface area contributed by atoms with E-state index in [1.807, 2.05) is 12.1 Å². The molecular weight excluding hydrogens is 414 g/mol. The monoisotopic (exact) mass is 447 g/mol. The van der Waals surface area contributed by atoms with Gasteiger partial charge in [0.25, 0.3) is 0 Å². The molecule has 0 bridgehead atoms. The van der Waals surface area contributed by atoms with E-state index >= 15 is 0 Å². The minimum absolute atomic E-state index is 0.399. The van der Waals surface area contributed by atoms with Crippen LogP contribution in [0.3, 0.4) is 0 Å². The Morgan fingerprint density at radius 2 is 1.56 bits per heavy atom. The number of aromatic nitrogens is 1. The van der Waals surface area contributed by atoms with E-state index in [2.05, 4.69) is 118 Å². The maximum Gasteiger partial charge on any atom is 0.0465 e. The van der Waals surface area contributed by atoms with Crippen molar-refractivity contribution in [1.82, 2.24) is 4.98 Å². The summed E-state index contributed by atoms with van der Waals surface area (Å²) in [6.07, 6.45) is 0. The number of nitrogens with one attached hydrogen (secondary N) is 3. The van der Waals surface area contributed by atoms with E-state index < -0.39 is 0 Å². The molecular formula is C31H33N3. The number of benzene rings is 3. The summed E-state index contributed by atoms with van der Waals surface area (Å²) in [5, 5.41) is 10.1. The zero-order chi connectivity index (χ0) is 24.4. The summed E-state index contributed by atoms with van der Waals surface area (Å²) in [4.78, 5) is 3.42. The highest BCUT2D eigenvalue weighted by Crippen LogP contribution is 2.24. The van der Waals surface area contributed by atoms with Crippen LogP contribution in [0.25, 0.3) is 34.4 Å². The molecule has 0 aliphatic heterocycles. The quantitative estimate of drug-likeness (QED) is 0.289. The number of allylic oxidation sites excluding steroid dienone is 1. The summed E-state index contributed by atoms with van der Waals surface area (Å²) < 4.78 is 0. The second-order valence-corrected chi connectivity index (χ2v) is 9.16. The number of aromatic amines is 1. The number of rotatable bonds is 7. The van der Waals surface area contributed by atoms with E-state index in [9.17, 15) is 0 Å². The predicted molar refractivity (Wildman–Crippen MR) is 150 cm³/mol. The molecule has 3 aromatic carbocycles. The molecule has 172 valence electrons. The molecule has 3 N–H and O–H groups in total. The van der Waals surface area contributed by atoms with Gasteiger partial charge in [0.05, 0.1) is 0 Å². The van der Waals surface area contributed by atoms with Gasteiger partial charge in [-0.05, 0) is 72.4 Å². The lowest BCUT2D eigenvalue weighted by Gasteiger charge is -2.13. The van der Waals surface area contributed by atoms with Crippen molar-refractivity contribution in [2.24, 2.45) is 5.92 Å². The lowest BCUT2D eigenvalue weighted by molar-refractivity contribution is 0.858. The molecule has 0 amide bonds. The van der Waals surface area contributed by atoms with Crippen LogP contribution in [0.4, 0.5) is 11.4 Å². The molecule has 0 aliphatic carbocycles. The second kappa shape index (κ2) is 9.48. The molecule has 0 radical (unpaired) electrons. The van der Waals surface area contributed by atoms with Crippen LogP contribution in [0, 0.1) is 12.8 Å². The predicted octanol–water partition coefficient (Wildman–Crippen LogP) is 6.88. The molecule has 4 rings (SSSR count). The SMILES string of the molecule is C=C(Nc1ccccc1C)c1ccc(N/C(C)=c2\c(=C)[nH]c3ccc(C(=C)C(C)C)cc23)cc1. The molecule has 0 saturated carbocycles. The summed E-state index contributed by atoms with van der Waals surface area (Å²) in [6.45, 7) is 21.3. The molecule has 1 heterocycles. The zero-order valence-corrected chi connectivity index (χ0v) is 20.5. The van der Waals surface area contributed by atoms with Crippen molar-refractivity contribution in [1.29, 1.82) is 0 Å². The second-order valence-electron chi connectivity index (χ2n) is 9.16. The van der Waals surface area contributed by atoms with Crippen LogP contribution in [-0.4, -0.2) is 4.98 Å². The van der Waals surface area contributed by atoms with Crippen LogP contribution in [0.2, 0.25) is 0 Å². The van der Waals surface area contributed by atoms with Gasteiger partial charge in [-0.3, -0.25) is 0 Å². The number of anilines is 2. The van der Waals surface area contributed by atoms with Crippen molar-refractivity contribution in [2.75, 3.05) is 10.6 Å². The van der Waals surface area contributed by atoms with Crippen molar-refractivity contribution < 1.29 is 0 Å². The third-order valence-corrected chi connectivity index (χ3v) is 6.31. The largest absolute Gasteiger partial charge is 0.359 e. The maximum absolute atomic E-state index is 4.27. The van der Waals surface area contributed by atoms with Gasteiger partial charge in [0, 0.05) is 44.2 Å². The third kappa shape index (κ3) is 4.69. The smallest absolute Gasteiger partial charge is 0.0465 e. The van der Waals surface area contributed by atoms with Crippen LogP contribution >= 0.6 is 0 Å². The van der Waals surface area contributed by atoms with Crippen LogP contribution in [-0.2, 0) is 0 Å². The molecule has 0 fully saturated rings. The van der Waals surface area contributed by atoms with Gasteiger partial charge in [-0.1, -0.05) is 70.0 Å². The van der Waals surface area contributed by atoms with E-state index in [4.69, 9.17) is 0 Å². The number of hydrogen-bond donors (Lipinski definition) is 3. The first kappa shape index (κ1) is 23.2. The molecule has 0 atom stereocenters. The number of aryl methyl sites for hydroxylation is 1. The third-order valence-electron chi connectivity index (χ3n) is 6.31. The van der Waals surface area contributed by atoms with Gasteiger partial charge >= 0.3 is 0 Å². The summed E-state index contributed by atoms with van der Waals surface area (Å²) in [5.74, 6) is 0.399. The highest BCUT2D eigenvalue weighted by atomic mass is 14.9. The van der Waals surface area contributed by atoms with E-state index in [-0.39, 0.29) is 0 Å². The van der Waals surface area contributed by atoms with Gasteiger partial charge in [0.15, 0.2) is 0 Å². The average Bonchev–Trinajstić information content (AvgIpc) is 3.15. The van der Waals surface area contributed by atoms with Crippen LogP contribution in [0.5, 0.6) is 0 Å². The van der Waals surface area contributed by atoms with E-state index in [1.165, 1.54) is 11.1 Å². The van der Waals surface area contributed by atoms with Crippen molar-refractivity contribution in [3.8, 4) is 0 Å². The summed E-state index contributed by atoms with van der Waals surface area (Å²) >= 11 is 0. The lowest BCUT2D eigenvalue weighted by atomic mass is 9.96.